The molecule has 1 aromatic carbocycles. The third-order valence-electron chi connectivity index (χ3n) is 4.81. The van der Waals surface area contributed by atoms with Crippen molar-refractivity contribution in [2.75, 3.05) is 24.7 Å². The maximum absolute atomic E-state index is 12.6. The number of aromatic amines is 1. The van der Waals surface area contributed by atoms with Gasteiger partial charge in [0.2, 0.25) is 5.91 Å². The van der Waals surface area contributed by atoms with Gasteiger partial charge >= 0.3 is 0 Å². The fourth-order valence-electron chi connectivity index (χ4n) is 3.53. The SMILES string of the molecule is O=C(/C=C/c1cc2ccccc2[nH]c1=O)N1CCOC2CS(=O)(=O)CC21. The minimum Gasteiger partial charge on any atom is -0.373 e. The van der Waals surface area contributed by atoms with Crippen molar-refractivity contribution in [2.45, 2.75) is 12.1 Å². The van der Waals surface area contributed by atoms with E-state index in [9.17, 15) is 18.0 Å². The topological polar surface area (TPSA) is 96.5 Å². The number of nitrogens with zero attached hydrogens (tertiary/aromatic N) is 1. The number of carbonyl (C=O) groups is 1. The molecule has 2 unspecified atom stereocenters. The van der Waals surface area contributed by atoms with Gasteiger partial charge in [-0.25, -0.2) is 8.42 Å². The van der Waals surface area contributed by atoms with E-state index in [-0.39, 0.29) is 23.0 Å². The number of aromatic nitrogens is 1. The second kappa shape index (κ2) is 6.37. The first kappa shape index (κ1) is 17.0. The number of rotatable bonds is 2. The summed E-state index contributed by atoms with van der Waals surface area (Å²) in [5.74, 6) is -0.434. The lowest BCUT2D eigenvalue weighted by atomic mass is 10.1. The smallest absolute Gasteiger partial charge is 0.255 e. The lowest BCUT2D eigenvalue weighted by Gasteiger charge is -2.36. The number of para-hydroxylation sites is 1. The zero-order valence-electron chi connectivity index (χ0n) is 13.9. The average molecular weight is 374 g/mol. The molecule has 2 aliphatic rings. The number of hydrogen-bond acceptors (Lipinski definition) is 5. The Hall–Kier alpha value is -2.45. The van der Waals surface area contributed by atoms with E-state index in [2.05, 4.69) is 4.98 Å². The fraction of sp³-hybridized carbons (Fsp3) is 0.333. The van der Waals surface area contributed by atoms with Crippen molar-refractivity contribution in [2.24, 2.45) is 0 Å². The summed E-state index contributed by atoms with van der Waals surface area (Å²) < 4.78 is 29.2. The largest absolute Gasteiger partial charge is 0.373 e. The lowest BCUT2D eigenvalue weighted by molar-refractivity contribution is -0.137. The Balaban J connectivity index is 1.58. The third-order valence-corrected chi connectivity index (χ3v) is 6.49. The molecule has 4 rings (SSSR count). The molecule has 0 spiro atoms. The first-order valence-corrected chi connectivity index (χ1v) is 10.2. The molecule has 0 saturated carbocycles. The number of ether oxygens (including phenoxy) is 1. The van der Waals surface area contributed by atoms with Gasteiger partial charge < -0.3 is 14.6 Å². The van der Waals surface area contributed by atoms with Gasteiger partial charge in [-0.2, -0.15) is 0 Å². The van der Waals surface area contributed by atoms with Gasteiger partial charge in [0.25, 0.3) is 5.56 Å². The highest BCUT2D eigenvalue weighted by molar-refractivity contribution is 7.91. The first-order valence-electron chi connectivity index (χ1n) is 8.36. The number of H-pyrrole nitrogens is 1. The summed E-state index contributed by atoms with van der Waals surface area (Å²) in [5, 5.41) is 0.868. The molecular formula is C18H18N2O5S. The van der Waals surface area contributed by atoms with Gasteiger partial charge in [0.1, 0.15) is 0 Å². The van der Waals surface area contributed by atoms with Gasteiger partial charge in [-0.05, 0) is 23.6 Å². The number of morpholine rings is 1. The normalized spacial score (nSPS) is 24.8. The molecule has 7 nitrogen and oxygen atoms in total. The molecule has 2 aliphatic heterocycles. The molecule has 0 aliphatic carbocycles. The number of pyridine rings is 1. The molecule has 1 N–H and O–H groups in total. The van der Waals surface area contributed by atoms with Crippen LogP contribution in [0.4, 0.5) is 0 Å². The Labute approximate surface area is 150 Å². The Morgan fingerprint density at radius 1 is 1.27 bits per heavy atom. The number of nitrogens with one attached hydrogen (secondary N) is 1. The van der Waals surface area contributed by atoms with E-state index in [0.717, 1.165) is 10.9 Å². The Morgan fingerprint density at radius 2 is 2.08 bits per heavy atom. The van der Waals surface area contributed by atoms with Crippen molar-refractivity contribution in [1.29, 1.82) is 0 Å². The molecule has 3 heterocycles. The van der Waals surface area contributed by atoms with Crippen LogP contribution in [0.3, 0.4) is 0 Å². The molecule has 26 heavy (non-hydrogen) atoms. The second-order valence-corrected chi connectivity index (χ2v) is 8.71. The minimum absolute atomic E-state index is 0.0461. The Kier molecular flexibility index (Phi) is 4.16. The molecule has 8 heteroatoms. The number of hydrogen-bond donors (Lipinski definition) is 1. The molecule has 2 aromatic rings. The minimum atomic E-state index is -3.19. The summed E-state index contributed by atoms with van der Waals surface area (Å²) in [7, 11) is -3.19. The zero-order valence-corrected chi connectivity index (χ0v) is 14.7. The van der Waals surface area contributed by atoms with Crippen molar-refractivity contribution >= 4 is 32.7 Å². The highest BCUT2D eigenvalue weighted by atomic mass is 32.2. The Morgan fingerprint density at radius 3 is 2.92 bits per heavy atom. The van der Waals surface area contributed by atoms with E-state index in [1.165, 1.54) is 17.1 Å². The predicted octanol–water partition coefficient (Wildman–Crippen LogP) is 0.566. The summed E-state index contributed by atoms with van der Waals surface area (Å²) in [5.41, 5.74) is 0.824. The summed E-state index contributed by atoms with van der Waals surface area (Å²) in [4.78, 5) is 29.0. The van der Waals surface area contributed by atoms with Crippen LogP contribution >= 0.6 is 0 Å². The first-order chi connectivity index (χ1) is 12.4. The van der Waals surface area contributed by atoms with Crippen molar-refractivity contribution < 1.29 is 17.9 Å². The van der Waals surface area contributed by atoms with E-state index in [0.29, 0.717) is 18.7 Å². The van der Waals surface area contributed by atoms with E-state index in [4.69, 9.17) is 4.74 Å². The highest BCUT2D eigenvalue weighted by Gasteiger charge is 2.45. The van der Waals surface area contributed by atoms with E-state index >= 15 is 0 Å². The molecule has 2 fully saturated rings. The van der Waals surface area contributed by atoms with E-state index in [1.807, 2.05) is 24.3 Å². The van der Waals surface area contributed by atoms with Crippen LogP contribution in [0.15, 0.2) is 41.2 Å². The van der Waals surface area contributed by atoms with Crippen LogP contribution in [0.5, 0.6) is 0 Å². The molecule has 2 saturated heterocycles. The number of benzene rings is 1. The van der Waals surface area contributed by atoms with Crippen LogP contribution in [0.2, 0.25) is 0 Å². The second-order valence-electron chi connectivity index (χ2n) is 6.56. The zero-order chi connectivity index (χ0) is 18.3. The quantitative estimate of drug-likeness (QED) is 0.775. The van der Waals surface area contributed by atoms with Crippen molar-refractivity contribution in [1.82, 2.24) is 9.88 Å². The summed E-state index contributed by atoms with van der Waals surface area (Å²) >= 11 is 0. The van der Waals surface area contributed by atoms with Crippen molar-refractivity contribution in [3.63, 3.8) is 0 Å². The lowest BCUT2D eigenvalue weighted by Crippen LogP contribution is -2.52. The molecular weight excluding hydrogens is 356 g/mol. The maximum atomic E-state index is 12.6. The van der Waals surface area contributed by atoms with Crippen molar-refractivity contribution in [3.8, 4) is 0 Å². The monoisotopic (exact) mass is 374 g/mol. The summed E-state index contributed by atoms with van der Waals surface area (Å²) in [6.07, 6.45) is 2.34. The summed E-state index contributed by atoms with van der Waals surface area (Å²) in [6.45, 7) is 0.654. The standard InChI is InChI=1S/C18H18N2O5S/c21-17(20-7-8-25-16-11-26(23,24)10-15(16)20)6-5-13-9-12-3-1-2-4-14(12)19-18(13)22/h1-6,9,15-16H,7-8,10-11H2,(H,19,22)/b6-5+. The molecule has 2 atom stereocenters. The van der Waals surface area contributed by atoms with Gasteiger partial charge in [-0.3, -0.25) is 9.59 Å². The predicted molar refractivity (Wildman–Crippen MR) is 97.5 cm³/mol. The fourth-order valence-corrected chi connectivity index (χ4v) is 5.40. The van der Waals surface area contributed by atoms with Gasteiger partial charge in [0.05, 0.1) is 30.3 Å². The molecule has 136 valence electrons. The average Bonchev–Trinajstić information content (AvgIpc) is 2.93. The maximum Gasteiger partial charge on any atom is 0.255 e. The number of sulfone groups is 1. The van der Waals surface area contributed by atoms with Crippen LogP contribution in [0.1, 0.15) is 5.56 Å². The number of carbonyl (C=O) groups excluding carboxylic acids is 1. The van der Waals surface area contributed by atoms with Crippen LogP contribution in [0, 0.1) is 0 Å². The molecule has 1 aromatic heterocycles. The van der Waals surface area contributed by atoms with Gasteiger partial charge in [-0.15, -0.1) is 0 Å². The van der Waals surface area contributed by atoms with Crippen LogP contribution in [0.25, 0.3) is 17.0 Å². The number of fused-ring (bicyclic) bond motifs is 2. The van der Waals surface area contributed by atoms with Crippen LogP contribution in [-0.4, -0.2) is 61.0 Å². The Bertz CT molecular complexity index is 1060. The molecule has 0 bridgehead atoms. The van der Waals surface area contributed by atoms with Crippen LogP contribution < -0.4 is 5.56 Å². The third kappa shape index (κ3) is 3.17. The number of amides is 1. The van der Waals surface area contributed by atoms with E-state index < -0.39 is 22.0 Å². The molecule has 0 radical (unpaired) electrons. The van der Waals surface area contributed by atoms with Crippen LogP contribution in [-0.2, 0) is 19.4 Å². The highest BCUT2D eigenvalue weighted by Crippen LogP contribution is 2.25. The van der Waals surface area contributed by atoms with E-state index in [1.54, 1.807) is 6.07 Å². The molecule has 1 amide bonds. The summed E-state index contributed by atoms with van der Waals surface area (Å²) in [6, 6.07) is 8.65. The van der Waals surface area contributed by atoms with Gasteiger partial charge in [0.15, 0.2) is 9.84 Å². The van der Waals surface area contributed by atoms with Gasteiger partial charge in [0, 0.05) is 23.7 Å². The van der Waals surface area contributed by atoms with Crippen molar-refractivity contribution in [3.05, 3.63) is 52.3 Å². The van der Waals surface area contributed by atoms with Gasteiger partial charge in [-0.1, -0.05) is 18.2 Å².